The lowest BCUT2D eigenvalue weighted by atomic mass is 10.3. The lowest BCUT2D eigenvalue weighted by Gasteiger charge is -2.36. The molecular weight excluding hydrogens is 805 g/mol. The Labute approximate surface area is 369 Å². The Bertz CT molecular complexity index is 759. The van der Waals surface area contributed by atoms with E-state index in [1.165, 1.54) is 0 Å². The van der Waals surface area contributed by atoms with Gasteiger partial charge in [-0.05, 0) is 134 Å². The number of unbranched alkanes of at least 4 members (excludes halogenated alkanes) is 4. The fraction of sp³-hybridized carbons (Fsp3) is 1.00. The Balaban J connectivity index is -0.000000803. The first-order valence-electron chi connectivity index (χ1n) is 23.7. The van der Waals surface area contributed by atoms with E-state index < -0.39 is 27.1 Å². The van der Waals surface area contributed by atoms with E-state index in [2.05, 4.69) is 55.4 Å². The molecule has 0 bridgehead atoms. The first kappa shape index (κ1) is 63.5. The quantitative estimate of drug-likeness (QED) is 0.0441. The van der Waals surface area contributed by atoms with Gasteiger partial charge in [0.25, 0.3) is 0 Å². The fourth-order valence-electron chi connectivity index (χ4n) is 4.42. The summed E-state index contributed by atoms with van der Waals surface area (Å²) in [6.45, 7) is 43.5. The average molecular weight is 906 g/mol. The summed E-state index contributed by atoms with van der Waals surface area (Å²) in [7, 11) is -9.12. The molecule has 0 saturated carbocycles. The van der Waals surface area contributed by atoms with Crippen molar-refractivity contribution in [1.29, 1.82) is 0 Å². The van der Waals surface area contributed by atoms with E-state index >= 15 is 0 Å². The molecule has 0 fully saturated rings. The second-order valence-electron chi connectivity index (χ2n) is 16.3. The van der Waals surface area contributed by atoms with Gasteiger partial charge in [-0.15, -0.1) is 0 Å². The molecule has 4 atom stereocenters. The molecule has 4 unspecified atom stereocenters. The Morgan fingerprint density at radius 3 is 0.610 bits per heavy atom. The maximum Gasteiger partial charge on any atom is 0.680 e. The van der Waals surface area contributed by atoms with Crippen LogP contribution in [0.5, 0.6) is 0 Å². The van der Waals surface area contributed by atoms with Gasteiger partial charge in [0.15, 0.2) is 0 Å². The maximum absolute atomic E-state index is 6.18. The van der Waals surface area contributed by atoms with E-state index in [0.717, 1.165) is 77.0 Å². The Morgan fingerprint density at radius 2 is 0.458 bits per heavy atom. The van der Waals surface area contributed by atoms with Gasteiger partial charge in [-0.3, -0.25) is 0 Å². The van der Waals surface area contributed by atoms with Crippen LogP contribution in [0.15, 0.2) is 0 Å². The maximum atomic E-state index is 6.18. The van der Waals surface area contributed by atoms with Crippen LogP contribution < -0.4 is 0 Å². The van der Waals surface area contributed by atoms with Gasteiger partial charge < -0.3 is 53.1 Å². The SMILES string of the molecule is CC(C)O[Si](OC(C)C)(OC(C)C)OC(C)C.CCC(C)O[Si](OC(C)CC)(OC(C)CC)OC(C)CC.CCCCO[Si](OCCCC)(OCCCC)OCCCC. The lowest BCUT2D eigenvalue weighted by Crippen LogP contribution is -2.55. The molecule has 0 heterocycles. The minimum absolute atomic E-state index is 0.0120. The van der Waals surface area contributed by atoms with Crippen molar-refractivity contribution in [2.45, 2.75) is 264 Å². The molecule has 0 aliphatic heterocycles. The molecule has 360 valence electrons. The average Bonchev–Trinajstić information content (AvgIpc) is 3.14. The largest absolute Gasteiger partial charge is 0.680 e. The van der Waals surface area contributed by atoms with Gasteiger partial charge in [0.2, 0.25) is 0 Å². The van der Waals surface area contributed by atoms with Gasteiger partial charge in [0.1, 0.15) is 0 Å². The minimum Gasteiger partial charge on any atom is -0.351 e. The van der Waals surface area contributed by atoms with Crippen LogP contribution >= 0.6 is 0 Å². The van der Waals surface area contributed by atoms with Crippen molar-refractivity contribution in [3.05, 3.63) is 0 Å². The van der Waals surface area contributed by atoms with Gasteiger partial charge in [-0.2, -0.15) is 0 Å². The summed E-state index contributed by atoms with van der Waals surface area (Å²) in [5.74, 6) is 0. The Hall–Kier alpha value is 0.171. The van der Waals surface area contributed by atoms with Crippen LogP contribution in [0.1, 0.15) is 216 Å². The van der Waals surface area contributed by atoms with E-state index in [9.17, 15) is 0 Å². The smallest absolute Gasteiger partial charge is 0.351 e. The Morgan fingerprint density at radius 1 is 0.271 bits per heavy atom. The molecule has 0 N–H and O–H groups in total. The highest BCUT2D eigenvalue weighted by Gasteiger charge is 2.51. The van der Waals surface area contributed by atoms with Crippen LogP contribution in [0.4, 0.5) is 0 Å². The van der Waals surface area contributed by atoms with E-state index in [0.29, 0.717) is 26.4 Å². The molecule has 0 radical (unpaired) electrons. The van der Waals surface area contributed by atoms with E-state index in [4.69, 9.17) is 53.1 Å². The molecule has 0 aliphatic carbocycles. The highest BCUT2D eigenvalue weighted by molar-refractivity contribution is 6.54. The molecular formula is C44H100O12Si3. The summed E-state index contributed by atoms with van der Waals surface area (Å²) in [6.07, 6.45) is 12.4. The molecule has 0 aliphatic rings. The van der Waals surface area contributed by atoms with Crippen molar-refractivity contribution in [3.8, 4) is 0 Å². The van der Waals surface area contributed by atoms with Crippen LogP contribution in [0.2, 0.25) is 0 Å². The summed E-state index contributed by atoms with van der Waals surface area (Å²) >= 11 is 0. The normalized spacial score (nSPS) is 15.5. The highest BCUT2D eigenvalue weighted by atomic mass is 28.4. The summed E-state index contributed by atoms with van der Waals surface area (Å²) in [6, 6.07) is 0. The second-order valence-corrected chi connectivity index (χ2v) is 22.4. The van der Waals surface area contributed by atoms with Crippen molar-refractivity contribution in [2.24, 2.45) is 0 Å². The van der Waals surface area contributed by atoms with E-state index in [-0.39, 0.29) is 48.8 Å². The first-order valence-corrected chi connectivity index (χ1v) is 28.6. The first-order chi connectivity index (χ1) is 27.7. The topological polar surface area (TPSA) is 111 Å². The molecule has 12 nitrogen and oxygen atoms in total. The summed E-state index contributed by atoms with van der Waals surface area (Å²) in [5, 5.41) is 0. The number of hydrogen-bond donors (Lipinski definition) is 0. The molecule has 0 aromatic rings. The molecule has 0 aromatic heterocycles. The fourth-order valence-corrected chi connectivity index (χ4v) is 12.1. The molecule has 15 heteroatoms. The number of rotatable bonds is 36. The second kappa shape index (κ2) is 38.6. The van der Waals surface area contributed by atoms with Crippen LogP contribution in [0, 0.1) is 0 Å². The molecule has 0 spiro atoms. The minimum atomic E-state index is -3.13. The van der Waals surface area contributed by atoms with Crippen LogP contribution in [0.3, 0.4) is 0 Å². The number of hydrogen-bond acceptors (Lipinski definition) is 12. The summed E-state index contributed by atoms with van der Waals surface area (Å²) < 4.78 is 72.0. The predicted octanol–water partition coefficient (Wildman–Crippen LogP) is 12.5. The predicted molar refractivity (Wildman–Crippen MR) is 249 cm³/mol. The third-order valence-electron chi connectivity index (χ3n) is 8.31. The van der Waals surface area contributed by atoms with Crippen molar-refractivity contribution >= 4 is 27.1 Å². The van der Waals surface area contributed by atoms with Crippen molar-refractivity contribution in [2.75, 3.05) is 26.4 Å². The van der Waals surface area contributed by atoms with Crippen LogP contribution in [0.25, 0.3) is 0 Å². The van der Waals surface area contributed by atoms with Crippen LogP contribution in [-0.4, -0.2) is 102 Å². The zero-order valence-electron chi connectivity index (χ0n) is 42.3. The highest BCUT2D eigenvalue weighted by Crippen LogP contribution is 2.25. The van der Waals surface area contributed by atoms with Crippen molar-refractivity contribution in [3.63, 3.8) is 0 Å². The standard InChI is InChI=1S/2C16H36O4Si.C12H28O4Si/c1-9-13(5)17-21(18-14(6)10-2,19-15(7)11-3)20-16(8)12-4;1-5-9-13-17-21(18-14-10-6-2,19-15-11-7-3)20-16-12-8-4;1-9(2)13-17(14-10(3)4,15-11(5)6)16-12(7)8/h13-16H,9-12H2,1-8H3;5-16H2,1-4H3;9-12H,1-8H3. The molecule has 59 heavy (non-hydrogen) atoms. The monoisotopic (exact) mass is 905 g/mol. The third kappa shape index (κ3) is 35.2. The Kier molecular flexibility index (Phi) is 41.5. The summed E-state index contributed by atoms with van der Waals surface area (Å²) in [4.78, 5) is 0. The van der Waals surface area contributed by atoms with E-state index in [1.54, 1.807) is 0 Å². The van der Waals surface area contributed by atoms with Gasteiger partial charge >= 0.3 is 27.1 Å². The zero-order chi connectivity index (χ0) is 45.9. The van der Waals surface area contributed by atoms with Gasteiger partial charge in [-0.1, -0.05) is 81.1 Å². The third-order valence-corrected chi connectivity index (χ3v) is 16.3. The van der Waals surface area contributed by atoms with Crippen molar-refractivity contribution < 1.29 is 53.1 Å². The summed E-state index contributed by atoms with van der Waals surface area (Å²) in [5.41, 5.74) is 0. The van der Waals surface area contributed by atoms with Gasteiger partial charge in [0.05, 0.1) is 0 Å². The molecule has 0 rings (SSSR count). The molecule has 0 saturated heterocycles. The van der Waals surface area contributed by atoms with Crippen molar-refractivity contribution in [1.82, 2.24) is 0 Å². The lowest BCUT2D eigenvalue weighted by molar-refractivity contribution is -0.0975. The zero-order valence-corrected chi connectivity index (χ0v) is 45.3. The van der Waals surface area contributed by atoms with Crippen LogP contribution in [-0.2, 0) is 53.1 Å². The van der Waals surface area contributed by atoms with Gasteiger partial charge in [0, 0.05) is 75.3 Å². The van der Waals surface area contributed by atoms with E-state index in [1.807, 2.05) is 83.1 Å². The molecule has 0 aromatic carbocycles. The van der Waals surface area contributed by atoms with Gasteiger partial charge in [-0.25, -0.2) is 0 Å². The molecule has 0 amide bonds.